The number of nitrogens with zero attached hydrogens (tertiary/aromatic N) is 2. The van der Waals surface area contributed by atoms with Gasteiger partial charge in [0.25, 0.3) is 0 Å². The maximum absolute atomic E-state index is 7.28. The highest BCUT2D eigenvalue weighted by Crippen LogP contribution is 2.07. The Morgan fingerprint density at radius 1 is 1.83 bits per heavy atom. The van der Waals surface area contributed by atoms with Gasteiger partial charge in [-0.05, 0) is 6.42 Å². The lowest BCUT2D eigenvalue weighted by atomic mass is 10.4. The molecule has 5 heteroatoms. The summed E-state index contributed by atoms with van der Waals surface area (Å²) in [5.74, 6) is 0.730. The van der Waals surface area contributed by atoms with Crippen LogP contribution in [0.2, 0.25) is 0 Å². The molecular formula is C7H13N5. The van der Waals surface area contributed by atoms with Crippen molar-refractivity contribution in [1.29, 1.82) is 5.41 Å². The summed E-state index contributed by atoms with van der Waals surface area (Å²) in [5, 5.41) is 7.28. The third-order valence-corrected chi connectivity index (χ3v) is 1.50. The monoisotopic (exact) mass is 167 g/mol. The fourth-order valence-corrected chi connectivity index (χ4v) is 0.982. The number of nitrogens with one attached hydrogen (secondary N) is 2. The van der Waals surface area contributed by atoms with Gasteiger partial charge >= 0.3 is 0 Å². The first-order valence-electron chi connectivity index (χ1n) is 3.86. The highest BCUT2D eigenvalue weighted by molar-refractivity contribution is 5.91. The van der Waals surface area contributed by atoms with Crippen molar-refractivity contribution in [2.24, 2.45) is 5.73 Å². The Balaban J connectivity index is 2.73. The molecule has 0 radical (unpaired) electrons. The Bertz CT molecular complexity index is 240. The molecule has 0 spiro atoms. The number of aromatic nitrogens is 2. The van der Waals surface area contributed by atoms with Crippen molar-refractivity contribution in [1.82, 2.24) is 9.97 Å². The molecule has 1 rings (SSSR count). The van der Waals surface area contributed by atoms with Crippen molar-refractivity contribution in [2.75, 3.05) is 11.4 Å². The summed E-state index contributed by atoms with van der Waals surface area (Å²) in [5.41, 5.74) is 5.37. The average Bonchev–Trinajstić information content (AvgIpc) is 2.51. The van der Waals surface area contributed by atoms with E-state index in [2.05, 4.69) is 9.97 Å². The molecule has 0 fully saturated rings. The van der Waals surface area contributed by atoms with E-state index in [0.717, 1.165) is 13.0 Å². The molecular weight excluding hydrogens is 154 g/mol. The highest BCUT2D eigenvalue weighted by atomic mass is 15.3. The van der Waals surface area contributed by atoms with Crippen molar-refractivity contribution in [3.05, 3.63) is 12.5 Å². The minimum Gasteiger partial charge on any atom is -0.370 e. The predicted molar refractivity (Wildman–Crippen MR) is 48.1 cm³/mol. The summed E-state index contributed by atoms with van der Waals surface area (Å²) < 4.78 is 0. The van der Waals surface area contributed by atoms with Gasteiger partial charge < -0.3 is 10.7 Å². The van der Waals surface area contributed by atoms with Crippen LogP contribution in [-0.4, -0.2) is 22.5 Å². The Kier molecular flexibility index (Phi) is 2.68. The SMILES string of the molecule is CCCN(C(=N)N)c1c[nH]cn1. The average molecular weight is 167 g/mol. The van der Waals surface area contributed by atoms with E-state index < -0.39 is 0 Å². The van der Waals surface area contributed by atoms with Gasteiger partial charge in [-0.25, -0.2) is 4.98 Å². The molecule has 0 amide bonds. The van der Waals surface area contributed by atoms with Crippen LogP contribution in [0.1, 0.15) is 13.3 Å². The zero-order valence-corrected chi connectivity index (χ0v) is 7.04. The quantitative estimate of drug-likeness (QED) is 0.453. The van der Waals surface area contributed by atoms with E-state index in [1.807, 2.05) is 6.92 Å². The van der Waals surface area contributed by atoms with E-state index in [1.54, 1.807) is 17.4 Å². The zero-order valence-electron chi connectivity index (χ0n) is 7.04. The number of H-pyrrole nitrogens is 1. The van der Waals surface area contributed by atoms with Crippen LogP contribution in [0.3, 0.4) is 0 Å². The molecule has 4 N–H and O–H groups in total. The molecule has 0 atom stereocenters. The van der Waals surface area contributed by atoms with E-state index in [4.69, 9.17) is 11.1 Å². The lowest BCUT2D eigenvalue weighted by Crippen LogP contribution is -2.37. The van der Waals surface area contributed by atoms with Gasteiger partial charge in [0.15, 0.2) is 11.8 Å². The Hall–Kier alpha value is -1.52. The largest absolute Gasteiger partial charge is 0.370 e. The third kappa shape index (κ3) is 1.75. The van der Waals surface area contributed by atoms with Gasteiger partial charge in [-0.1, -0.05) is 6.92 Å². The fraction of sp³-hybridized carbons (Fsp3) is 0.429. The molecule has 0 unspecified atom stereocenters. The Labute approximate surface area is 71.1 Å². The topological polar surface area (TPSA) is 81.8 Å². The molecule has 12 heavy (non-hydrogen) atoms. The number of aromatic amines is 1. The number of rotatable bonds is 3. The van der Waals surface area contributed by atoms with Crippen LogP contribution in [0.5, 0.6) is 0 Å². The molecule has 0 bridgehead atoms. The smallest absolute Gasteiger partial charge is 0.194 e. The van der Waals surface area contributed by atoms with Crippen molar-refractivity contribution >= 4 is 11.8 Å². The van der Waals surface area contributed by atoms with Crippen molar-refractivity contribution in [2.45, 2.75) is 13.3 Å². The summed E-state index contributed by atoms with van der Waals surface area (Å²) in [7, 11) is 0. The maximum atomic E-state index is 7.28. The molecule has 0 aliphatic rings. The van der Waals surface area contributed by atoms with Gasteiger partial charge in [0.2, 0.25) is 0 Å². The van der Waals surface area contributed by atoms with Gasteiger partial charge in [0.05, 0.1) is 6.33 Å². The number of hydrogen-bond acceptors (Lipinski definition) is 2. The van der Waals surface area contributed by atoms with Crippen LogP contribution in [0.15, 0.2) is 12.5 Å². The van der Waals surface area contributed by atoms with Crippen molar-refractivity contribution < 1.29 is 0 Å². The lowest BCUT2D eigenvalue weighted by Gasteiger charge is -2.18. The van der Waals surface area contributed by atoms with E-state index in [0.29, 0.717) is 5.82 Å². The van der Waals surface area contributed by atoms with Gasteiger partial charge in [-0.15, -0.1) is 0 Å². The van der Waals surface area contributed by atoms with Crippen LogP contribution in [0.25, 0.3) is 0 Å². The number of guanidine groups is 1. The van der Waals surface area contributed by atoms with Gasteiger partial charge in [0.1, 0.15) is 0 Å². The van der Waals surface area contributed by atoms with Gasteiger partial charge in [-0.2, -0.15) is 0 Å². The van der Waals surface area contributed by atoms with Gasteiger partial charge in [0, 0.05) is 12.7 Å². The zero-order chi connectivity index (χ0) is 8.97. The summed E-state index contributed by atoms with van der Waals surface area (Å²) in [4.78, 5) is 8.47. The van der Waals surface area contributed by atoms with Crippen molar-refractivity contribution in [3.8, 4) is 0 Å². The van der Waals surface area contributed by atoms with E-state index >= 15 is 0 Å². The minimum absolute atomic E-state index is 0.0314. The second-order valence-corrected chi connectivity index (χ2v) is 2.46. The molecule has 0 saturated carbocycles. The second-order valence-electron chi connectivity index (χ2n) is 2.46. The molecule has 0 aromatic carbocycles. The number of imidazole rings is 1. The normalized spacial score (nSPS) is 9.75. The number of nitrogens with two attached hydrogens (primary N) is 1. The standard InChI is InChI=1S/C7H13N5/c1-2-3-12(7(8)9)6-4-10-5-11-6/h4-5H,2-3H2,1H3,(H3,8,9)(H,10,11). The third-order valence-electron chi connectivity index (χ3n) is 1.50. The molecule has 5 nitrogen and oxygen atoms in total. The summed E-state index contributed by atoms with van der Waals surface area (Å²) in [6.07, 6.45) is 4.23. The first-order valence-corrected chi connectivity index (χ1v) is 3.86. The summed E-state index contributed by atoms with van der Waals surface area (Å²) in [6.45, 7) is 2.75. The predicted octanol–water partition coefficient (Wildman–Crippen LogP) is 0.520. The molecule has 1 heterocycles. The molecule has 0 saturated heterocycles. The first-order chi connectivity index (χ1) is 5.75. The maximum Gasteiger partial charge on any atom is 0.194 e. The van der Waals surface area contributed by atoms with Crippen LogP contribution in [-0.2, 0) is 0 Å². The Morgan fingerprint density at radius 2 is 2.58 bits per heavy atom. The number of hydrogen-bond donors (Lipinski definition) is 3. The van der Waals surface area contributed by atoms with Crippen molar-refractivity contribution in [3.63, 3.8) is 0 Å². The Morgan fingerprint density at radius 3 is 3.00 bits per heavy atom. The molecule has 0 aliphatic carbocycles. The van der Waals surface area contributed by atoms with E-state index in [9.17, 15) is 0 Å². The lowest BCUT2D eigenvalue weighted by molar-refractivity contribution is 0.883. The molecule has 1 aromatic heterocycles. The van der Waals surface area contributed by atoms with Crippen LogP contribution < -0.4 is 10.6 Å². The highest BCUT2D eigenvalue weighted by Gasteiger charge is 2.08. The van der Waals surface area contributed by atoms with Crippen LogP contribution >= 0.6 is 0 Å². The summed E-state index contributed by atoms with van der Waals surface area (Å²) >= 11 is 0. The molecule has 66 valence electrons. The summed E-state index contributed by atoms with van der Waals surface area (Å²) in [6, 6.07) is 0. The van der Waals surface area contributed by atoms with Crippen LogP contribution in [0, 0.1) is 5.41 Å². The van der Waals surface area contributed by atoms with Crippen LogP contribution in [0.4, 0.5) is 5.82 Å². The second kappa shape index (κ2) is 3.75. The molecule has 0 aliphatic heterocycles. The molecule has 1 aromatic rings. The van der Waals surface area contributed by atoms with Gasteiger partial charge in [-0.3, -0.25) is 10.3 Å². The number of anilines is 1. The van der Waals surface area contributed by atoms with E-state index in [1.165, 1.54) is 0 Å². The fourth-order valence-electron chi connectivity index (χ4n) is 0.982. The first kappa shape index (κ1) is 8.58. The minimum atomic E-state index is 0.0314. The van der Waals surface area contributed by atoms with E-state index in [-0.39, 0.29) is 5.96 Å².